The molecule has 5 nitrogen and oxygen atoms in total. The molecule has 0 saturated carbocycles. The van der Waals surface area contributed by atoms with Gasteiger partial charge in [0.15, 0.2) is 5.78 Å². The first-order valence-corrected chi connectivity index (χ1v) is 7.93. The van der Waals surface area contributed by atoms with Gasteiger partial charge in [0.2, 0.25) is 5.91 Å². The lowest BCUT2D eigenvalue weighted by molar-refractivity contribution is -0.135. The van der Waals surface area contributed by atoms with Gasteiger partial charge >= 0.3 is 0 Å². The summed E-state index contributed by atoms with van der Waals surface area (Å²) in [7, 11) is 1.55. The lowest BCUT2D eigenvalue weighted by Gasteiger charge is -2.34. The number of ether oxygens (including phenoxy) is 1. The molecule has 1 saturated heterocycles. The summed E-state index contributed by atoms with van der Waals surface area (Å²) >= 11 is 0. The molecule has 5 heteroatoms. The number of ketones is 1. The van der Waals surface area contributed by atoms with Crippen LogP contribution in [0.5, 0.6) is 5.75 Å². The van der Waals surface area contributed by atoms with E-state index >= 15 is 0 Å². The number of amides is 1. The fourth-order valence-electron chi connectivity index (χ4n) is 3.20. The van der Waals surface area contributed by atoms with Crippen LogP contribution in [0.15, 0.2) is 18.2 Å². The van der Waals surface area contributed by atoms with Crippen LogP contribution in [0.4, 0.5) is 0 Å². The maximum Gasteiger partial charge on any atom is 0.227 e. The topological polar surface area (TPSA) is 66.8 Å². The minimum absolute atomic E-state index is 0.0445. The van der Waals surface area contributed by atoms with E-state index in [-0.39, 0.29) is 24.2 Å². The average molecular weight is 319 g/mol. The number of nitrogens with zero attached hydrogens (tertiary/aromatic N) is 1. The Labute approximate surface area is 137 Å². The first-order chi connectivity index (χ1) is 10.7. The van der Waals surface area contributed by atoms with Crippen LogP contribution < -0.4 is 4.74 Å². The van der Waals surface area contributed by atoms with Crippen molar-refractivity contribution >= 4 is 11.7 Å². The highest BCUT2D eigenvalue weighted by Gasteiger charge is 2.38. The normalized spacial score (nSPS) is 18.1. The van der Waals surface area contributed by atoms with Crippen molar-refractivity contribution in [3.8, 4) is 5.75 Å². The second kappa shape index (κ2) is 6.71. The van der Waals surface area contributed by atoms with Crippen molar-refractivity contribution in [1.82, 2.24) is 4.90 Å². The van der Waals surface area contributed by atoms with Gasteiger partial charge in [0, 0.05) is 17.7 Å². The SMILES string of the molecule is COc1ccc(C(C)=O)cc1CC(=O)N1CCC[C@@H]1C(C)(C)O. The molecular formula is C18H25NO4. The summed E-state index contributed by atoms with van der Waals surface area (Å²) in [5.41, 5.74) is 0.345. The van der Waals surface area contributed by atoms with Crippen molar-refractivity contribution in [3.05, 3.63) is 29.3 Å². The Balaban J connectivity index is 2.22. The molecule has 0 spiro atoms. The molecule has 1 aliphatic heterocycles. The molecule has 23 heavy (non-hydrogen) atoms. The highest BCUT2D eigenvalue weighted by atomic mass is 16.5. The molecule has 0 unspecified atom stereocenters. The van der Waals surface area contributed by atoms with Crippen LogP contribution in [0.3, 0.4) is 0 Å². The molecule has 0 radical (unpaired) electrons. The van der Waals surface area contributed by atoms with E-state index in [4.69, 9.17) is 4.74 Å². The van der Waals surface area contributed by atoms with Crippen LogP contribution in [0.1, 0.15) is 49.5 Å². The first kappa shape index (κ1) is 17.5. The predicted molar refractivity (Wildman–Crippen MR) is 87.7 cm³/mol. The summed E-state index contributed by atoms with van der Waals surface area (Å²) < 4.78 is 5.31. The standard InChI is InChI=1S/C18H25NO4/c1-12(20)13-7-8-15(23-4)14(10-13)11-17(21)19-9-5-6-16(19)18(2,3)22/h7-8,10,16,22H,5-6,9,11H2,1-4H3/t16-/m1/s1. The summed E-state index contributed by atoms with van der Waals surface area (Å²) in [5, 5.41) is 10.3. The van der Waals surface area contributed by atoms with Crippen LogP contribution >= 0.6 is 0 Å². The van der Waals surface area contributed by atoms with E-state index in [0.717, 1.165) is 12.8 Å². The number of likely N-dealkylation sites (tertiary alicyclic amines) is 1. The number of aliphatic hydroxyl groups is 1. The van der Waals surface area contributed by atoms with Crippen LogP contribution in [0.2, 0.25) is 0 Å². The van der Waals surface area contributed by atoms with Gasteiger partial charge in [0.05, 0.1) is 25.2 Å². The molecule has 126 valence electrons. The number of hydrogen-bond donors (Lipinski definition) is 1. The van der Waals surface area contributed by atoms with Crippen molar-refractivity contribution in [1.29, 1.82) is 0 Å². The zero-order chi connectivity index (χ0) is 17.2. The van der Waals surface area contributed by atoms with Crippen LogP contribution in [0, 0.1) is 0 Å². The molecular weight excluding hydrogens is 294 g/mol. The van der Waals surface area contributed by atoms with Crippen LogP contribution in [-0.4, -0.2) is 47.0 Å². The maximum absolute atomic E-state index is 12.7. The molecule has 0 aromatic heterocycles. The summed E-state index contributed by atoms with van der Waals surface area (Å²) in [5.74, 6) is 0.507. The highest BCUT2D eigenvalue weighted by Crippen LogP contribution is 2.28. The fraction of sp³-hybridized carbons (Fsp3) is 0.556. The molecule has 1 atom stereocenters. The predicted octanol–water partition coefficient (Wildman–Crippen LogP) is 2.20. The Kier molecular flexibility index (Phi) is 5.09. The number of rotatable bonds is 5. The molecule has 2 rings (SSSR count). The molecule has 0 bridgehead atoms. The monoisotopic (exact) mass is 319 g/mol. The van der Waals surface area contributed by atoms with Crippen molar-refractivity contribution < 1.29 is 19.4 Å². The molecule has 1 N–H and O–H groups in total. The second-order valence-corrected chi connectivity index (χ2v) is 6.66. The Bertz CT molecular complexity index is 604. The van der Waals surface area contributed by atoms with E-state index in [1.54, 1.807) is 44.1 Å². The fourth-order valence-corrected chi connectivity index (χ4v) is 3.20. The van der Waals surface area contributed by atoms with Gasteiger partial charge in [-0.05, 0) is 51.8 Å². The van der Waals surface area contributed by atoms with E-state index in [1.165, 1.54) is 6.92 Å². The summed E-state index contributed by atoms with van der Waals surface area (Å²) in [6.45, 7) is 5.63. The first-order valence-electron chi connectivity index (χ1n) is 7.93. The molecule has 1 aromatic carbocycles. The quantitative estimate of drug-likeness (QED) is 0.845. The smallest absolute Gasteiger partial charge is 0.227 e. The molecule has 1 heterocycles. The van der Waals surface area contributed by atoms with E-state index in [9.17, 15) is 14.7 Å². The minimum atomic E-state index is -0.919. The van der Waals surface area contributed by atoms with Gasteiger partial charge in [-0.1, -0.05) is 0 Å². The molecule has 0 aliphatic carbocycles. The van der Waals surface area contributed by atoms with E-state index in [2.05, 4.69) is 0 Å². The Morgan fingerprint density at radius 1 is 1.39 bits per heavy atom. The zero-order valence-corrected chi connectivity index (χ0v) is 14.3. The van der Waals surface area contributed by atoms with Gasteiger partial charge in [-0.3, -0.25) is 9.59 Å². The van der Waals surface area contributed by atoms with Crippen LogP contribution in [0.25, 0.3) is 0 Å². The zero-order valence-electron chi connectivity index (χ0n) is 14.3. The third-order valence-corrected chi connectivity index (χ3v) is 4.42. The third-order valence-electron chi connectivity index (χ3n) is 4.42. The maximum atomic E-state index is 12.7. The number of methoxy groups -OCH3 is 1. The third kappa shape index (κ3) is 3.91. The largest absolute Gasteiger partial charge is 0.496 e. The summed E-state index contributed by atoms with van der Waals surface area (Å²) in [6, 6.07) is 4.97. The van der Waals surface area contributed by atoms with E-state index in [0.29, 0.717) is 23.4 Å². The number of benzene rings is 1. The highest BCUT2D eigenvalue weighted by molar-refractivity contribution is 5.94. The van der Waals surface area contributed by atoms with Crippen molar-refractivity contribution in [2.24, 2.45) is 0 Å². The summed E-state index contributed by atoms with van der Waals surface area (Å²) in [6.07, 6.45) is 1.86. The Morgan fingerprint density at radius 2 is 2.09 bits per heavy atom. The number of hydrogen-bond acceptors (Lipinski definition) is 4. The van der Waals surface area contributed by atoms with Gasteiger partial charge in [0.1, 0.15) is 5.75 Å². The average Bonchev–Trinajstić information content (AvgIpc) is 2.96. The lowest BCUT2D eigenvalue weighted by Crippen LogP contribution is -2.48. The summed E-state index contributed by atoms with van der Waals surface area (Å²) in [4.78, 5) is 26.0. The van der Waals surface area contributed by atoms with Gasteiger partial charge in [-0.25, -0.2) is 0 Å². The molecule has 1 amide bonds. The minimum Gasteiger partial charge on any atom is -0.496 e. The number of carbonyl (C=O) groups is 2. The Morgan fingerprint density at radius 3 is 2.65 bits per heavy atom. The number of Topliss-reactive ketones (excluding diaryl/α,β-unsaturated/α-hetero) is 1. The van der Waals surface area contributed by atoms with E-state index < -0.39 is 5.60 Å². The van der Waals surface area contributed by atoms with Gasteiger partial charge in [-0.2, -0.15) is 0 Å². The number of carbonyl (C=O) groups excluding carboxylic acids is 2. The molecule has 1 fully saturated rings. The van der Waals surface area contributed by atoms with Crippen molar-refractivity contribution in [3.63, 3.8) is 0 Å². The van der Waals surface area contributed by atoms with Gasteiger partial charge < -0.3 is 14.7 Å². The van der Waals surface area contributed by atoms with Crippen molar-refractivity contribution in [2.45, 2.75) is 51.7 Å². The molecule has 1 aromatic rings. The molecule has 1 aliphatic rings. The lowest BCUT2D eigenvalue weighted by atomic mass is 9.96. The van der Waals surface area contributed by atoms with Crippen LogP contribution in [-0.2, 0) is 11.2 Å². The second-order valence-electron chi connectivity index (χ2n) is 6.66. The Hall–Kier alpha value is -1.88. The van der Waals surface area contributed by atoms with Gasteiger partial charge in [0.25, 0.3) is 0 Å². The van der Waals surface area contributed by atoms with Gasteiger partial charge in [-0.15, -0.1) is 0 Å². The van der Waals surface area contributed by atoms with Crippen molar-refractivity contribution in [2.75, 3.05) is 13.7 Å². The van der Waals surface area contributed by atoms with E-state index in [1.807, 2.05) is 0 Å².